The fraction of sp³-hybridized carbons (Fsp3) is 0.308. The Bertz CT molecular complexity index is 478. The maximum absolute atomic E-state index is 11.5. The zero-order valence-corrected chi connectivity index (χ0v) is 10.5. The Balaban J connectivity index is 2.25. The molecule has 1 aromatic rings. The Morgan fingerprint density at radius 2 is 2.00 bits per heavy atom. The molecule has 1 heterocycles. The zero-order chi connectivity index (χ0) is 12.4. The van der Waals surface area contributed by atoms with E-state index in [1.54, 1.807) is 18.2 Å². The van der Waals surface area contributed by atoms with Crippen molar-refractivity contribution in [1.82, 2.24) is 0 Å². The van der Waals surface area contributed by atoms with Gasteiger partial charge in [-0.05, 0) is 23.8 Å². The molecule has 0 aliphatic carbocycles. The first-order valence-electron chi connectivity index (χ1n) is 5.39. The summed E-state index contributed by atoms with van der Waals surface area (Å²) in [6.45, 7) is 3.92. The number of benzene rings is 1. The van der Waals surface area contributed by atoms with E-state index in [9.17, 15) is 4.79 Å². The van der Waals surface area contributed by atoms with Crippen LogP contribution in [0.25, 0.3) is 6.08 Å². The topological polar surface area (TPSA) is 35.5 Å². The smallest absolute Gasteiger partial charge is 0.231 e. The molecule has 0 bridgehead atoms. The first-order chi connectivity index (χ1) is 8.08. The highest BCUT2D eigenvalue weighted by Gasteiger charge is 2.15. The van der Waals surface area contributed by atoms with Crippen LogP contribution in [0.3, 0.4) is 0 Å². The van der Waals surface area contributed by atoms with Crippen LogP contribution in [0.2, 0.25) is 5.02 Å². The molecule has 0 fully saturated rings. The van der Waals surface area contributed by atoms with Crippen LogP contribution < -0.4 is 9.47 Å². The number of ether oxygens (including phenoxy) is 2. The molecule has 0 aromatic heterocycles. The number of ketones is 1. The summed E-state index contributed by atoms with van der Waals surface area (Å²) in [7, 11) is 0. The van der Waals surface area contributed by atoms with Gasteiger partial charge in [0.15, 0.2) is 17.3 Å². The zero-order valence-electron chi connectivity index (χ0n) is 9.70. The number of carbonyl (C=O) groups is 1. The molecule has 2 rings (SSSR count). The Hall–Kier alpha value is -1.48. The molecule has 17 heavy (non-hydrogen) atoms. The number of rotatable bonds is 3. The van der Waals surface area contributed by atoms with E-state index in [1.807, 2.05) is 13.8 Å². The van der Waals surface area contributed by atoms with Crippen molar-refractivity contribution in [2.24, 2.45) is 5.92 Å². The summed E-state index contributed by atoms with van der Waals surface area (Å²) >= 11 is 6.07. The molecule has 4 heteroatoms. The van der Waals surface area contributed by atoms with Gasteiger partial charge in [0.1, 0.15) is 0 Å². The summed E-state index contributed by atoms with van der Waals surface area (Å²) in [6, 6.07) is 3.47. The van der Waals surface area contributed by atoms with Crippen LogP contribution >= 0.6 is 11.6 Å². The number of allylic oxidation sites excluding steroid dienone is 1. The highest BCUT2D eigenvalue weighted by molar-refractivity contribution is 6.32. The second-order valence-electron chi connectivity index (χ2n) is 4.12. The van der Waals surface area contributed by atoms with Gasteiger partial charge in [-0.15, -0.1) is 0 Å². The summed E-state index contributed by atoms with van der Waals surface area (Å²) in [5, 5.41) is 0.544. The second-order valence-corrected chi connectivity index (χ2v) is 4.52. The van der Waals surface area contributed by atoms with E-state index < -0.39 is 0 Å². The minimum absolute atomic E-state index is 0.0148. The molecule has 0 unspecified atom stereocenters. The van der Waals surface area contributed by atoms with Crippen LogP contribution in [0.1, 0.15) is 19.4 Å². The van der Waals surface area contributed by atoms with Gasteiger partial charge in [0, 0.05) is 12.0 Å². The van der Waals surface area contributed by atoms with Crippen molar-refractivity contribution < 1.29 is 14.3 Å². The van der Waals surface area contributed by atoms with Crippen molar-refractivity contribution in [3.05, 3.63) is 28.8 Å². The molecule has 1 aliphatic heterocycles. The van der Waals surface area contributed by atoms with Crippen LogP contribution in [0.5, 0.6) is 11.5 Å². The van der Waals surface area contributed by atoms with Crippen molar-refractivity contribution in [3.63, 3.8) is 0 Å². The first-order valence-corrected chi connectivity index (χ1v) is 5.77. The van der Waals surface area contributed by atoms with E-state index in [4.69, 9.17) is 21.1 Å². The van der Waals surface area contributed by atoms with Crippen molar-refractivity contribution in [2.45, 2.75) is 13.8 Å². The van der Waals surface area contributed by atoms with E-state index in [1.165, 1.54) is 6.08 Å². The molecule has 0 spiro atoms. The van der Waals surface area contributed by atoms with E-state index in [0.29, 0.717) is 16.5 Å². The van der Waals surface area contributed by atoms with E-state index >= 15 is 0 Å². The highest BCUT2D eigenvalue weighted by atomic mass is 35.5. The number of halogens is 1. The molecule has 90 valence electrons. The first kappa shape index (κ1) is 12.0. The van der Waals surface area contributed by atoms with Crippen molar-refractivity contribution in [3.8, 4) is 11.5 Å². The van der Waals surface area contributed by atoms with Gasteiger partial charge in [-0.3, -0.25) is 4.79 Å². The summed E-state index contributed by atoms with van der Waals surface area (Å²) < 4.78 is 10.4. The minimum atomic E-state index is -0.0148. The lowest BCUT2D eigenvalue weighted by molar-refractivity contribution is -0.117. The van der Waals surface area contributed by atoms with Crippen LogP contribution in [0.4, 0.5) is 0 Å². The number of carbonyl (C=O) groups excluding carboxylic acids is 1. The maximum Gasteiger partial charge on any atom is 0.231 e. The molecular weight excluding hydrogens is 240 g/mol. The lowest BCUT2D eigenvalue weighted by Crippen LogP contribution is -2.01. The predicted molar refractivity (Wildman–Crippen MR) is 66.5 cm³/mol. The monoisotopic (exact) mass is 252 g/mol. The summed E-state index contributed by atoms with van der Waals surface area (Å²) in [4.78, 5) is 11.5. The van der Waals surface area contributed by atoms with Crippen LogP contribution in [0, 0.1) is 5.92 Å². The highest BCUT2D eigenvalue weighted by Crippen LogP contribution is 2.37. The largest absolute Gasteiger partial charge is 0.454 e. The predicted octanol–water partition coefficient (Wildman–Crippen LogP) is 3.31. The molecule has 0 amide bonds. The second kappa shape index (κ2) is 4.80. The van der Waals surface area contributed by atoms with Gasteiger partial charge in [-0.2, -0.15) is 0 Å². The number of hydrogen-bond donors (Lipinski definition) is 0. The number of hydrogen-bond acceptors (Lipinski definition) is 3. The number of fused-ring (bicyclic) bond motifs is 1. The Kier molecular flexibility index (Phi) is 3.38. The van der Waals surface area contributed by atoms with Crippen LogP contribution in [-0.2, 0) is 4.79 Å². The fourth-order valence-electron chi connectivity index (χ4n) is 1.42. The molecule has 0 radical (unpaired) electrons. The molecule has 0 atom stereocenters. The minimum Gasteiger partial charge on any atom is -0.454 e. The Morgan fingerprint density at radius 1 is 1.35 bits per heavy atom. The average molecular weight is 253 g/mol. The summed E-state index contributed by atoms with van der Waals surface area (Å²) in [6.07, 6.45) is 3.24. The van der Waals surface area contributed by atoms with Crippen molar-refractivity contribution >= 4 is 23.5 Å². The SMILES string of the molecule is CC(C)C(=O)/C=C/c1cc2c(cc1Cl)OCO2. The lowest BCUT2D eigenvalue weighted by Gasteiger charge is -2.02. The fourth-order valence-corrected chi connectivity index (χ4v) is 1.64. The van der Waals surface area contributed by atoms with Crippen molar-refractivity contribution in [1.29, 1.82) is 0 Å². The summed E-state index contributed by atoms with van der Waals surface area (Å²) in [5.74, 6) is 1.35. The lowest BCUT2D eigenvalue weighted by atomic mass is 10.1. The molecule has 0 saturated heterocycles. The van der Waals surface area contributed by atoms with E-state index in [0.717, 1.165) is 5.56 Å². The summed E-state index contributed by atoms with van der Waals surface area (Å²) in [5.41, 5.74) is 0.755. The van der Waals surface area contributed by atoms with Gasteiger partial charge in [-0.1, -0.05) is 25.4 Å². The third-order valence-corrected chi connectivity index (χ3v) is 2.82. The van der Waals surface area contributed by atoms with Crippen LogP contribution in [0.15, 0.2) is 18.2 Å². The molecule has 1 aliphatic rings. The molecule has 0 saturated carbocycles. The standard InChI is InChI=1S/C13H13ClO3/c1-8(2)11(15)4-3-9-5-12-13(6-10(9)14)17-7-16-12/h3-6,8H,7H2,1-2H3/b4-3+. The van der Waals surface area contributed by atoms with Gasteiger partial charge < -0.3 is 9.47 Å². The molecule has 0 N–H and O–H groups in total. The maximum atomic E-state index is 11.5. The molecule has 1 aromatic carbocycles. The van der Waals surface area contributed by atoms with E-state index in [-0.39, 0.29) is 18.5 Å². The quantitative estimate of drug-likeness (QED) is 0.775. The third-order valence-electron chi connectivity index (χ3n) is 2.49. The Morgan fingerprint density at radius 3 is 2.65 bits per heavy atom. The Labute approximate surface area is 105 Å². The normalized spacial score (nSPS) is 13.6. The molecule has 3 nitrogen and oxygen atoms in total. The van der Waals surface area contributed by atoms with Gasteiger partial charge >= 0.3 is 0 Å². The third kappa shape index (κ3) is 2.61. The van der Waals surface area contributed by atoms with Crippen molar-refractivity contribution in [2.75, 3.05) is 6.79 Å². The van der Waals surface area contributed by atoms with Gasteiger partial charge in [0.05, 0.1) is 5.02 Å². The van der Waals surface area contributed by atoms with Gasteiger partial charge in [0.2, 0.25) is 6.79 Å². The van der Waals surface area contributed by atoms with Gasteiger partial charge in [0.25, 0.3) is 0 Å². The van der Waals surface area contributed by atoms with E-state index in [2.05, 4.69) is 0 Å². The molecular formula is C13H13ClO3. The average Bonchev–Trinajstić information content (AvgIpc) is 2.72. The van der Waals surface area contributed by atoms with Crippen LogP contribution in [-0.4, -0.2) is 12.6 Å². The van der Waals surface area contributed by atoms with Gasteiger partial charge in [-0.25, -0.2) is 0 Å².